The van der Waals surface area contributed by atoms with Crippen molar-refractivity contribution in [2.45, 2.75) is 12.8 Å². The molecule has 0 amide bonds. The van der Waals surface area contributed by atoms with Gasteiger partial charge in [0.05, 0.1) is 11.3 Å². The van der Waals surface area contributed by atoms with Crippen molar-refractivity contribution in [2.75, 3.05) is 18.0 Å². The number of rotatable bonds is 2. The van der Waals surface area contributed by atoms with Crippen LogP contribution in [0.3, 0.4) is 0 Å². The summed E-state index contributed by atoms with van der Waals surface area (Å²) in [6.07, 6.45) is 2.45. The number of aromatic carboxylic acids is 1. The highest BCUT2D eigenvalue weighted by Gasteiger charge is 2.52. The van der Waals surface area contributed by atoms with E-state index in [1.807, 2.05) is 4.90 Å². The molecule has 1 aromatic carbocycles. The van der Waals surface area contributed by atoms with Crippen molar-refractivity contribution in [3.8, 4) is 0 Å². The number of carboxylic acids is 1. The third-order valence-corrected chi connectivity index (χ3v) is 3.54. The Hall–Kier alpha value is -1.58. The van der Waals surface area contributed by atoms with Crippen LogP contribution in [0.25, 0.3) is 0 Å². The Labute approximate surface area is 92.5 Å². The second-order valence-corrected chi connectivity index (χ2v) is 4.82. The van der Waals surface area contributed by atoms with E-state index in [0.717, 1.165) is 13.1 Å². The molecule has 1 aliphatic heterocycles. The number of hydrogen-bond donors (Lipinski definition) is 1. The van der Waals surface area contributed by atoms with E-state index in [4.69, 9.17) is 5.11 Å². The molecule has 1 heterocycles. The van der Waals surface area contributed by atoms with E-state index in [1.165, 1.54) is 31.0 Å². The summed E-state index contributed by atoms with van der Waals surface area (Å²) in [5.41, 5.74) is 1.14. The zero-order valence-corrected chi connectivity index (χ0v) is 8.74. The smallest absolute Gasteiger partial charge is 0.337 e. The minimum atomic E-state index is -0.994. The lowest BCUT2D eigenvalue weighted by molar-refractivity contribution is 0.0697. The number of carboxylic acid groups (broad SMARTS) is 1. The van der Waals surface area contributed by atoms with Crippen molar-refractivity contribution < 1.29 is 14.3 Å². The van der Waals surface area contributed by atoms with E-state index >= 15 is 0 Å². The maximum absolute atomic E-state index is 13.1. The topological polar surface area (TPSA) is 40.5 Å². The minimum absolute atomic E-state index is 0.192. The van der Waals surface area contributed by atoms with Gasteiger partial charge >= 0.3 is 5.97 Å². The second kappa shape index (κ2) is 2.97. The predicted molar refractivity (Wildman–Crippen MR) is 57.2 cm³/mol. The molecular formula is C12H12FNO2. The molecule has 2 fully saturated rings. The summed E-state index contributed by atoms with van der Waals surface area (Å²) in [5.74, 6) is -1.37. The normalized spacial score (nSPS) is 20.7. The van der Waals surface area contributed by atoms with Crippen LogP contribution in [-0.4, -0.2) is 24.2 Å². The molecule has 1 N–H and O–H groups in total. The van der Waals surface area contributed by atoms with Crippen molar-refractivity contribution >= 4 is 11.7 Å². The monoisotopic (exact) mass is 221 g/mol. The molecule has 0 radical (unpaired) electrons. The number of hydrogen-bond acceptors (Lipinski definition) is 2. The van der Waals surface area contributed by atoms with Crippen LogP contribution in [0.2, 0.25) is 0 Å². The highest BCUT2D eigenvalue weighted by atomic mass is 19.1. The van der Waals surface area contributed by atoms with Crippen molar-refractivity contribution in [1.82, 2.24) is 0 Å². The van der Waals surface area contributed by atoms with Crippen LogP contribution in [0.15, 0.2) is 18.2 Å². The van der Waals surface area contributed by atoms with Crippen molar-refractivity contribution in [3.63, 3.8) is 0 Å². The van der Waals surface area contributed by atoms with E-state index in [2.05, 4.69) is 0 Å². The van der Waals surface area contributed by atoms with Crippen molar-refractivity contribution in [2.24, 2.45) is 5.41 Å². The average Bonchev–Trinajstić information content (AvgIpc) is 2.94. The summed E-state index contributed by atoms with van der Waals surface area (Å²) in [5, 5.41) is 9.02. The van der Waals surface area contributed by atoms with E-state index in [9.17, 15) is 9.18 Å². The van der Waals surface area contributed by atoms with Crippen LogP contribution in [0.1, 0.15) is 23.2 Å². The zero-order valence-electron chi connectivity index (χ0n) is 8.74. The average molecular weight is 221 g/mol. The predicted octanol–water partition coefficient (Wildman–Crippen LogP) is 2.12. The van der Waals surface area contributed by atoms with Gasteiger partial charge in [-0.05, 0) is 31.0 Å². The van der Waals surface area contributed by atoms with Crippen LogP contribution >= 0.6 is 0 Å². The molecule has 3 rings (SSSR count). The Morgan fingerprint density at radius 1 is 1.38 bits per heavy atom. The molecule has 0 aromatic heterocycles. The van der Waals surface area contributed by atoms with Gasteiger partial charge in [-0.25, -0.2) is 9.18 Å². The lowest BCUT2D eigenvalue weighted by Crippen LogP contribution is -2.49. The summed E-state index contributed by atoms with van der Waals surface area (Å²) in [4.78, 5) is 13.0. The Bertz CT molecular complexity index is 460. The van der Waals surface area contributed by atoms with Gasteiger partial charge in [-0.15, -0.1) is 0 Å². The summed E-state index contributed by atoms with van der Waals surface area (Å²) in [7, 11) is 0. The number of nitrogens with zero attached hydrogens (tertiary/aromatic N) is 1. The van der Waals surface area contributed by atoms with Gasteiger partial charge in [0.2, 0.25) is 0 Å². The van der Waals surface area contributed by atoms with E-state index in [-0.39, 0.29) is 11.4 Å². The quantitative estimate of drug-likeness (QED) is 0.831. The first kappa shape index (κ1) is 9.63. The highest BCUT2D eigenvalue weighted by Crippen LogP contribution is 2.54. The molecule has 2 aliphatic rings. The largest absolute Gasteiger partial charge is 0.478 e. The highest BCUT2D eigenvalue weighted by molar-refractivity contribution is 5.94. The molecule has 0 unspecified atom stereocenters. The van der Waals surface area contributed by atoms with Gasteiger partial charge < -0.3 is 10.0 Å². The van der Waals surface area contributed by atoms with Crippen LogP contribution in [-0.2, 0) is 0 Å². The Morgan fingerprint density at radius 2 is 2.06 bits per heavy atom. The standard InChI is InChI=1S/C12H12FNO2/c13-8-1-2-9(11(15)16)10(5-8)14-6-12(7-14)3-4-12/h1-2,5H,3-4,6-7H2,(H,15,16). The van der Waals surface area contributed by atoms with E-state index < -0.39 is 5.97 Å². The molecule has 1 spiro atoms. The Kier molecular flexibility index (Phi) is 1.79. The number of halogens is 1. The van der Waals surface area contributed by atoms with Crippen LogP contribution in [0, 0.1) is 11.2 Å². The minimum Gasteiger partial charge on any atom is -0.478 e. The summed E-state index contributed by atoms with van der Waals surface area (Å²) in [6, 6.07) is 3.85. The SMILES string of the molecule is O=C(O)c1ccc(F)cc1N1CC2(CC2)C1. The van der Waals surface area contributed by atoms with Crippen LogP contribution in [0.4, 0.5) is 10.1 Å². The van der Waals surface area contributed by atoms with Gasteiger partial charge in [-0.1, -0.05) is 0 Å². The first-order valence-corrected chi connectivity index (χ1v) is 5.38. The fourth-order valence-electron chi connectivity index (χ4n) is 2.37. The molecule has 16 heavy (non-hydrogen) atoms. The molecule has 0 bridgehead atoms. The number of anilines is 1. The molecule has 84 valence electrons. The maximum atomic E-state index is 13.1. The van der Waals surface area contributed by atoms with Crippen molar-refractivity contribution in [1.29, 1.82) is 0 Å². The molecule has 1 aliphatic carbocycles. The van der Waals surface area contributed by atoms with E-state index in [0.29, 0.717) is 11.1 Å². The Balaban J connectivity index is 1.92. The lowest BCUT2D eigenvalue weighted by atomic mass is 9.95. The van der Waals surface area contributed by atoms with Gasteiger partial charge in [0.25, 0.3) is 0 Å². The second-order valence-electron chi connectivity index (χ2n) is 4.82. The summed E-state index contributed by atoms with van der Waals surface area (Å²) < 4.78 is 13.1. The van der Waals surface area contributed by atoms with Gasteiger partial charge in [0, 0.05) is 18.5 Å². The zero-order chi connectivity index (χ0) is 11.3. The first-order valence-electron chi connectivity index (χ1n) is 5.38. The van der Waals surface area contributed by atoms with Crippen LogP contribution < -0.4 is 4.90 Å². The third kappa shape index (κ3) is 1.37. The lowest BCUT2D eigenvalue weighted by Gasteiger charge is -2.42. The number of carbonyl (C=O) groups is 1. The van der Waals surface area contributed by atoms with Gasteiger partial charge in [0.1, 0.15) is 5.82 Å². The van der Waals surface area contributed by atoms with Gasteiger partial charge in [-0.3, -0.25) is 0 Å². The molecule has 4 heteroatoms. The Morgan fingerprint density at radius 3 is 2.62 bits per heavy atom. The third-order valence-electron chi connectivity index (χ3n) is 3.54. The summed E-state index contributed by atoms with van der Waals surface area (Å²) >= 11 is 0. The van der Waals surface area contributed by atoms with Crippen LogP contribution in [0.5, 0.6) is 0 Å². The molecule has 1 aromatic rings. The molecule has 0 atom stereocenters. The molecule has 3 nitrogen and oxygen atoms in total. The fraction of sp³-hybridized carbons (Fsp3) is 0.417. The molecular weight excluding hydrogens is 209 g/mol. The molecule has 1 saturated carbocycles. The first-order chi connectivity index (χ1) is 7.60. The number of benzene rings is 1. The molecule has 1 saturated heterocycles. The van der Waals surface area contributed by atoms with Crippen molar-refractivity contribution in [3.05, 3.63) is 29.6 Å². The maximum Gasteiger partial charge on any atom is 0.337 e. The van der Waals surface area contributed by atoms with E-state index in [1.54, 1.807) is 0 Å². The summed E-state index contributed by atoms with van der Waals surface area (Å²) in [6.45, 7) is 1.74. The fourth-order valence-corrected chi connectivity index (χ4v) is 2.37. The van der Waals surface area contributed by atoms with Gasteiger partial charge in [0.15, 0.2) is 0 Å². The van der Waals surface area contributed by atoms with Gasteiger partial charge in [-0.2, -0.15) is 0 Å².